The van der Waals surface area contributed by atoms with Gasteiger partial charge in [-0.3, -0.25) is 4.79 Å². The van der Waals surface area contributed by atoms with Gasteiger partial charge in [0.25, 0.3) is 5.91 Å². The highest BCUT2D eigenvalue weighted by atomic mass is 16.5. The van der Waals surface area contributed by atoms with E-state index in [2.05, 4.69) is 29.5 Å². The molecule has 2 heterocycles. The molecule has 1 aliphatic heterocycles. The molecular formula is C15H23N3O2. The molecule has 0 spiro atoms. The average molecular weight is 277 g/mol. The van der Waals surface area contributed by atoms with Crippen LogP contribution in [0.2, 0.25) is 0 Å². The lowest BCUT2D eigenvalue weighted by Crippen LogP contribution is -2.26. The molecular weight excluding hydrogens is 254 g/mol. The second-order valence-electron chi connectivity index (χ2n) is 5.53. The molecule has 1 atom stereocenters. The zero-order valence-corrected chi connectivity index (χ0v) is 12.2. The monoisotopic (exact) mass is 277 g/mol. The van der Waals surface area contributed by atoms with Gasteiger partial charge in [-0.05, 0) is 37.3 Å². The topological polar surface area (TPSA) is 63.2 Å². The van der Waals surface area contributed by atoms with Crippen LogP contribution in [0.5, 0.6) is 0 Å². The van der Waals surface area contributed by atoms with Gasteiger partial charge >= 0.3 is 0 Å². The number of carbonyl (C=O) groups excluding carboxylic acids is 1. The van der Waals surface area contributed by atoms with Crippen LogP contribution in [0.1, 0.15) is 33.1 Å². The van der Waals surface area contributed by atoms with Gasteiger partial charge in [-0.15, -0.1) is 0 Å². The van der Waals surface area contributed by atoms with Crippen LogP contribution in [0.25, 0.3) is 0 Å². The third kappa shape index (κ3) is 4.49. The highest BCUT2D eigenvalue weighted by molar-refractivity contribution is 5.94. The quantitative estimate of drug-likeness (QED) is 0.839. The zero-order valence-electron chi connectivity index (χ0n) is 12.2. The van der Waals surface area contributed by atoms with Crippen molar-refractivity contribution in [1.29, 1.82) is 0 Å². The Morgan fingerprint density at radius 3 is 2.95 bits per heavy atom. The summed E-state index contributed by atoms with van der Waals surface area (Å²) in [5, 5.41) is 6.09. The number of aromatic nitrogens is 1. The van der Waals surface area contributed by atoms with Crippen LogP contribution >= 0.6 is 0 Å². The largest absolute Gasteiger partial charge is 0.370 e. The van der Waals surface area contributed by atoms with Crippen molar-refractivity contribution in [2.75, 3.05) is 23.8 Å². The minimum Gasteiger partial charge on any atom is -0.370 e. The summed E-state index contributed by atoms with van der Waals surface area (Å²) >= 11 is 0. The number of hydrogen-bond donors (Lipinski definition) is 2. The van der Waals surface area contributed by atoms with Gasteiger partial charge in [-0.25, -0.2) is 4.98 Å². The molecule has 1 unspecified atom stereocenters. The molecule has 1 aliphatic rings. The number of nitrogens with one attached hydrogen (secondary N) is 2. The molecule has 0 radical (unpaired) electrons. The summed E-state index contributed by atoms with van der Waals surface area (Å²) in [4.78, 5) is 16.2. The summed E-state index contributed by atoms with van der Waals surface area (Å²) in [5.41, 5.74) is 0.708. The second kappa shape index (κ2) is 7.24. The van der Waals surface area contributed by atoms with Crippen molar-refractivity contribution in [1.82, 2.24) is 4.98 Å². The van der Waals surface area contributed by atoms with Crippen molar-refractivity contribution < 1.29 is 9.53 Å². The van der Waals surface area contributed by atoms with E-state index >= 15 is 0 Å². The van der Waals surface area contributed by atoms with E-state index in [1.54, 1.807) is 6.20 Å². The number of hydrogen-bond acceptors (Lipinski definition) is 4. The third-order valence-corrected chi connectivity index (χ3v) is 3.28. The van der Waals surface area contributed by atoms with Gasteiger partial charge in [0.1, 0.15) is 11.9 Å². The van der Waals surface area contributed by atoms with Crippen molar-refractivity contribution in [3.63, 3.8) is 0 Å². The molecule has 1 fully saturated rings. The zero-order chi connectivity index (χ0) is 14.4. The Balaban J connectivity index is 1.80. The van der Waals surface area contributed by atoms with Crippen LogP contribution in [0.4, 0.5) is 11.5 Å². The molecule has 110 valence electrons. The van der Waals surface area contributed by atoms with Crippen molar-refractivity contribution >= 4 is 17.4 Å². The minimum atomic E-state index is -0.307. The molecule has 0 saturated carbocycles. The molecule has 1 aromatic heterocycles. The Hall–Kier alpha value is -1.62. The van der Waals surface area contributed by atoms with Gasteiger partial charge < -0.3 is 15.4 Å². The number of nitrogens with zero attached hydrogens (tertiary/aromatic N) is 1. The summed E-state index contributed by atoms with van der Waals surface area (Å²) < 4.78 is 5.34. The Morgan fingerprint density at radius 1 is 1.50 bits per heavy atom. The van der Waals surface area contributed by atoms with E-state index in [0.29, 0.717) is 18.2 Å². The SMILES string of the molecule is CC(C)CCNc1ccc(NC(=O)C2CCCO2)cn1. The van der Waals surface area contributed by atoms with Gasteiger partial charge in [0.05, 0.1) is 11.9 Å². The molecule has 1 aromatic rings. The Morgan fingerprint density at radius 2 is 2.35 bits per heavy atom. The summed E-state index contributed by atoms with van der Waals surface area (Å²) in [5.74, 6) is 1.43. The molecule has 1 saturated heterocycles. The van der Waals surface area contributed by atoms with Gasteiger partial charge in [-0.2, -0.15) is 0 Å². The Bertz CT molecular complexity index is 425. The van der Waals surface area contributed by atoms with E-state index in [0.717, 1.165) is 31.6 Å². The van der Waals surface area contributed by atoms with Crippen LogP contribution < -0.4 is 10.6 Å². The maximum atomic E-state index is 11.9. The second-order valence-corrected chi connectivity index (χ2v) is 5.53. The number of ether oxygens (including phenoxy) is 1. The van der Waals surface area contributed by atoms with Gasteiger partial charge in [0.2, 0.25) is 0 Å². The van der Waals surface area contributed by atoms with Crippen LogP contribution in [0.3, 0.4) is 0 Å². The van der Waals surface area contributed by atoms with Gasteiger partial charge in [0, 0.05) is 13.2 Å². The molecule has 20 heavy (non-hydrogen) atoms. The van der Waals surface area contributed by atoms with Crippen molar-refractivity contribution in [3.05, 3.63) is 18.3 Å². The molecule has 0 aliphatic carbocycles. The van der Waals surface area contributed by atoms with Crippen molar-refractivity contribution in [2.45, 2.75) is 39.2 Å². The average Bonchev–Trinajstić information content (AvgIpc) is 2.94. The minimum absolute atomic E-state index is 0.0789. The molecule has 2 N–H and O–H groups in total. The lowest BCUT2D eigenvalue weighted by Gasteiger charge is -2.11. The molecule has 5 heteroatoms. The number of amides is 1. The van der Waals surface area contributed by atoms with E-state index in [-0.39, 0.29) is 12.0 Å². The summed E-state index contributed by atoms with van der Waals surface area (Å²) in [6.07, 6.45) is 4.23. The van der Waals surface area contributed by atoms with Crippen LogP contribution in [-0.4, -0.2) is 30.1 Å². The van der Waals surface area contributed by atoms with E-state index < -0.39 is 0 Å². The molecule has 1 amide bonds. The molecule has 0 bridgehead atoms. The maximum absolute atomic E-state index is 11.9. The predicted molar refractivity (Wildman–Crippen MR) is 79.8 cm³/mol. The summed E-state index contributed by atoms with van der Waals surface area (Å²) in [7, 11) is 0. The van der Waals surface area contributed by atoms with E-state index in [4.69, 9.17) is 4.74 Å². The first-order chi connectivity index (χ1) is 9.65. The van der Waals surface area contributed by atoms with E-state index in [9.17, 15) is 4.79 Å². The fraction of sp³-hybridized carbons (Fsp3) is 0.600. The fourth-order valence-corrected chi connectivity index (χ4v) is 2.07. The number of rotatable bonds is 6. The van der Waals surface area contributed by atoms with Crippen LogP contribution in [-0.2, 0) is 9.53 Å². The van der Waals surface area contributed by atoms with Crippen molar-refractivity contribution in [2.24, 2.45) is 5.92 Å². The Kier molecular flexibility index (Phi) is 5.35. The van der Waals surface area contributed by atoms with Crippen LogP contribution in [0, 0.1) is 5.92 Å². The van der Waals surface area contributed by atoms with Gasteiger partial charge in [0.15, 0.2) is 0 Å². The first-order valence-electron chi connectivity index (χ1n) is 7.27. The lowest BCUT2D eigenvalue weighted by atomic mass is 10.1. The number of anilines is 2. The molecule has 0 aromatic carbocycles. The van der Waals surface area contributed by atoms with Gasteiger partial charge in [-0.1, -0.05) is 13.8 Å². The number of carbonyl (C=O) groups is 1. The van der Waals surface area contributed by atoms with E-state index in [1.165, 1.54) is 0 Å². The standard InChI is InChI=1S/C15H23N3O2/c1-11(2)7-8-16-14-6-5-12(10-17-14)18-15(19)13-4-3-9-20-13/h5-6,10-11,13H,3-4,7-9H2,1-2H3,(H,16,17)(H,18,19). The normalized spacial score (nSPS) is 18.2. The first kappa shape index (κ1) is 14.8. The number of pyridine rings is 1. The molecule has 5 nitrogen and oxygen atoms in total. The first-order valence-corrected chi connectivity index (χ1v) is 7.27. The lowest BCUT2D eigenvalue weighted by molar-refractivity contribution is -0.124. The maximum Gasteiger partial charge on any atom is 0.253 e. The highest BCUT2D eigenvalue weighted by Crippen LogP contribution is 2.15. The fourth-order valence-electron chi connectivity index (χ4n) is 2.07. The summed E-state index contributed by atoms with van der Waals surface area (Å²) in [6, 6.07) is 3.74. The summed E-state index contributed by atoms with van der Waals surface area (Å²) in [6.45, 7) is 5.97. The Labute approximate surface area is 120 Å². The smallest absolute Gasteiger partial charge is 0.253 e. The van der Waals surface area contributed by atoms with Crippen molar-refractivity contribution in [3.8, 4) is 0 Å². The molecule has 2 rings (SSSR count). The predicted octanol–water partition coefficient (Wildman–Crippen LogP) is 2.66. The highest BCUT2D eigenvalue weighted by Gasteiger charge is 2.23. The third-order valence-electron chi connectivity index (χ3n) is 3.28. The van der Waals surface area contributed by atoms with Crippen LogP contribution in [0.15, 0.2) is 18.3 Å². The van der Waals surface area contributed by atoms with E-state index in [1.807, 2.05) is 12.1 Å².